The molecule has 0 unspecified atom stereocenters. The van der Waals surface area contributed by atoms with Crippen LogP contribution in [0.3, 0.4) is 0 Å². The van der Waals surface area contributed by atoms with Crippen LogP contribution in [0, 0.1) is 0 Å². The monoisotopic (exact) mass is 912 g/mol. The normalized spacial score (nSPS) is 12.0. The average Bonchev–Trinajstić information content (AvgIpc) is 4.19. The summed E-state index contributed by atoms with van der Waals surface area (Å²) >= 11 is 1.84. The quantitative estimate of drug-likeness (QED) is 0.166. The first-order chi connectivity index (χ1) is 34.7. The Bertz CT molecular complexity index is 4560. The van der Waals surface area contributed by atoms with Crippen LogP contribution in [0.25, 0.3) is 148 Å². The third kappa shape index (κ3) is 6.02. The number of nitrogens with zero attached hydrogens (tertiary/aromatic N) is 4. The molecule has 0 bridgehead atoms. The second kappa shape index (κ2) is 15.2. The highest BCUT2D eigenvalue weighted by Crippen LogP contribution is 2.43. The lowest BCUT2D eigenvalue weighted by Gasteiger charge is -2.12. The van der Waals surface area contributed by atoms with Crippen LogP contribution < -0.4 is 0 Å². The van der Waals surface area contributed by atoms with Gasteiger partial charge in [-0.05, 0) is 95.1 Å². The third-order valence-corrected chi connectivity index (χ3v) is 15.0. The number of rotatable bonds is 6. The fourth-order valence-corrected chi connectivity index (χ4v) is 11.8. The lowest BCUT2D eigenvalue weighted by atomic mass is 9.96. The highest BCUT2D eigenvalue weighted by atomic mass is 32.1. The molecule has 0 aliphatic heterocycles. The molecule has 0 N–H and O–H groups in total. The number of furan rings is 2. The molecule has 15 aromatic rings. The number of hydrogen-bond acceptors (Lipinski definition) is 6. The molecule has 10 aromatic carbocycles. The Balaban J connectivity index is 0.864. The summed E-state index contributed by atoms with van der Waals surface area (Å²) in [5.74, 6) is 1.74. The van der Waals surface area contributed by atoms with E-state index in [4.69, 9.17) is 23.8 Å². The molecule has 0 saturated heterocycles. The molecule has 5 aromatic heterocycles. The number of fused-ring (bicyclic) bond motifs is 12. The van der Waals surface area contributed by atoms with Gasteiger partial charge >= 0.3 is 0 Å². The van der Waals surface area contributed by atoms with Gasteiger partial charge in [0.2, 0.25) is 0 Å². The molecule has 0 saturated carbocycles. The first-order valence-corrected chi connectivity index (χ1v) is 24.2. The summed E-state index contributed by atoms with van der Waals surface area (Å²) in [7, 11) is 0. The van der Waals surface area contributed by atoms with Gasteiger partial charge in [0.1, 0.15) is 22.3 Å². The maximum Gasteiger partial charge on any atom is 0.164 e. The molecule has 326 valence electrons. The van der Waals surface area contributed by atoms with Crippen molar-refractivity contribution in [3.8, 4) is 62.1 Å². The fourth-order valence-electron chi connectivity index (χ4n) is 10.7. The van der Waals surface area contributed by atoms with Gasteiger partial charge in [0, 0.05) is 74.9 Å². The van der Waals surface area contributed by atoms with Crippen LogP contribution in [0.15, 0.2) is 227 Å². The predicted molar refractivity (Wildman–Crippen MR) is 289 cm³/mol. The number of para-hydroxylation sites is 2. The standard InChI is InChI=1S/C63H36N4O2S/c1-2-13-37(14-3-1)61-64-62(41-15-10-16-42(33-41)67-51-22-7-4-17-44(51)45-18-5-8-23-52(45)67)66-63(65-61)49-21-12-25-55-60(49)50-34-40(29-32-53(50)68-55)43-20-11-24-54-59(43)48-31-28-38(35-56(48)69-54)39-27-30-47-46-19-6-9-26-57(46)70-58(47)36-39/h1-36H. The van der Waals surface area contributed by atoms with E-state index in [0.717, 1.165) is 94.0 Å². The topological polar surface area (TPSA) is 69.9 Å². The lowest BCUT2D eigenvalue weighted by Crippen LogP contribution is -2.01. The van der Waals surface area contributed by atoms with Gasteiger partial charge in [-0.2, -0.15) is 0 Å². The summed E-state index contributed by atoms with van der Waals surface area (Å²) in [5.41, 5.74) is 13.6. The Labute approximate surface area is 404 Å². The predicted octanol–water partition coefficient (Wildman–Crippen LogP) is 17.5. The summed E-state index contributed by atoms with van der Waals surface area (Å²) in [4.78, 5) is 15.7. The number of thiophene rings is 1. The molecule has 0 radical (unpaired) electrons. The van der Waals surface area contributed by atoms with E-state index in [-0.39, 0.29) is 0 Å². The van der Waals surface area contributed by atoms with Gasteiger partial charge in [0.25, 0.3) is 0 Å². The fraction of sp³-hybridized carbons (Fsp3) is 0. The van der Waals surface area contributed by atoms with Crippen molar-refractivity contribution in [3.05, 3.63) is 218 Å². The Hall–Kier alpha value is -9.17. The smallest absolute Gasteiger partial charge is 0.164 e. The van der Waals surface area contributed by atoms with Crippen LogP contribution in [0.2, 0.25) is 0 Å². The van der Waals surface area contributed by atoms with Crippen molar-refractivity contribution < 1.29 is 8.83 Å². The summed E-state index contributed by atoms with van der Waals surface area (Å²) in [6.07, 6.45) is 0. The van der Waals surface area contributed by atoms with Gasteiger partial charge in [-0.1, -0.05) is 146 Å². The van der Waals surface area contributed by atoms with Crippen molar-refractivity contribution in [3.63, 3.8) is 0 Å². The number of hydrogen-bond donors (Lipinski definition) is 0. The van der Waals surface area contributed by atoms with Gasteiger partial charge < -0.3 is 13.4 Å². The molecule has 70 heavy (non-hydrogen) atoms. The summed E-state index contributed by atoms with van der Waals surface area (Å²) in [5, 5.41) is 9.09. The molecular weight excluding hydrogens is 877 g/mol. The van der Waals surface area contributed by atoms with E-state index in [9.17, 15) is 0 Å². The molecule has 5 heterocycles. The maximum atomic E-state index is 6.65. The zero-order valence-corrected chi connectivity index (χ0v) is 38.1. The summed E-state index contributed by atoms with van der Waals surface area (Å²) < 4.78 is 18.2. The van der Waals surface area contributed by atoms with E-state index >= 15 is 0 Å². The van der Waals surface area contributed by atoms with E-state index in [1.807, 2.05) is 53.8 Å². The van der Waals surface area contributed by atoms with E-state index in [2.05, 4.69) is 180 Å². The minimum Gasteiger partial charge on any atom is -0.456 e. The van der Waals surface area contributed by atoms with E-state index in [1.165, 1.54) is 36.5 Å². The molecular formula is C63H36N4O2S. The summed E-state index contributed by atoms with van der Waals surface area (Å²) in [6.45, 7) is 0. The van der Waals surface area contributed by atoms with Crippen LogP contribution in [-0.2, 0) is 0 Å². The molecule has 0 spiro atoms. The van der Waals surface area contributed by atoms with Gasteiger partial charge in [-0.3, -0.25) is 0 Å². The third-order valence-electron chi connectivity index (χ3n) is 13.9. The van der Waals surface area contributed by atoms with E-state index in [1.54, 1.807) is 0 Å². The molecule has 0 aliphatic carbocycles. The highest BCUT2D eigenvalue weighted by Gasteiger charge is 2.21. The second-order valence-corrected chi connectivity index (χ2v) is 19.0. The van der Waals surface area contributed by atoms with Gasteiger partial charge in [0.15, 0.2) is 17.5 Å². The Morgan fingerprint density at radius 1 is 0.314 bits per heavy atom. The number of aromatic nitrogens is 4. The van der Waals surface area contributed by atoms with Crippen molar-refractivity contribution in [1.29, 1.82) is 0 Å². The van der Waals surface area contributed by atoms with E-state index in [0.29, 0.717) is 17.5 Å². The molecule has 0 aliphatic rings. The first-order valence-electron chi connectivity index (χ1n) is 23.4. The van der Waals surface area contributed by atoms with Crippen LogP contribution in [-0.4, -0.2) is 19.5 Å². The molecule has 0 atom stereocenters. The van der Waals surface area contributed by atoms with Crippen LogP contribution in [0.1, 0.15) is 0 Å². The molecule has 0 amide bonds. The SMILES string of the molecule is c1ccc(-c2nc(-c3cccc(-n4c5ccccc5c5ccccc54)c3)nc(-c3cccc4oc5ccc(-c6cccc7oc8cc(-c9ccc%10c(c9)sc9ccccc9%10)ccc8c67)cc5c34)n2)cc1. The Morgan fingerprint density at radius 2 is 0.900 bits per heavy atom. The van der Waals surface area contributed by atoms with Crippen LogP contribution in [0.5, 0.6) is 0 Å². The van der Waals surface area contributed by atoms with Gasteiger partial charge in [0.05, 0.1) is 11.0 Å². The van der Waals surface area contributed by atoms with Crippen molar-refractivity contribution in [2.24, 2.45) is 0 Å². The summed E-state index contributed by atoms with van der Waals surface area (Å²) in [6, 6.07) is 76.7. The molecule has 7 heteroatoms. The van der Waals surface area contributed by atoms with Crippen molar-refractivity contribution in [2.45, 2.75) is 0 Å². The Kier molecular flexibility index (Phi) is 8.43. The van der Waals surface area contributed by atoms with E-state index < -0.39 is 0 Å². The van der Waals surface area contributed by atoms with Crippen LogP contribution >= 0.6 is 11.3 Å². The second-order valence-electron chi connectivity index (χ2n) is 17.9. The largest absolute Gasteiger partial charge is 0.456 e. The zero-order valence-electron chi connectivity index (χ0n) is 37.3. The highest BCUT2D eigenvalue weighted by molar-refractivity contribution is 7.25. The molecule has 6 nitrogen and oxygen atoms in total. The minimum absolute atomic E-state index is 0.565. The Morgan fingerprint density at radius 3 is 1.70 bits per heavy atom. The van der Waals surface area contributed by atoms with Crippen molar-refractivity contribution >= 4 is 97.2 Å². The number of benzene rings is 10. The van der Waals surface area contributed by atoms with Gasteiger partial charge in [-0.15, -0.1) is 11.3 Å². The van der Waals surface area contributed by atoms with Crippen molar-refractivity contribution in [2.75, 3.05) is 0 Å². The molecule has 15 rings (SSSR count). The minimum atomic E-state index is 0.565. The zero-order chi connectivity index (χ0) is 45.9. The van der Waals surface area contributed by atoms with Crippen molar-refractivity contribution in [1.82, 2.24) is 19.5 Å². The first kappa shape index (κ1) is 38.9. The van der Waals surface area contributed by atoms with Crippen LogP contribution in [0.4, 0.5) is 0 Å². The molecule has 0 fully saturated rings. The maximum absolute atomic E-state index is 6.65. The average molecular weight is 913 g/mol. The van der Waals surface area contributed by atoms with Gasteiger partial charge in [-0.25, -0.2) is 15.0 Å². The lowest BCUT2D eigenvalue weighted by molar-refractivity contribution is 0.669.